The van der Waals surface area contributed by atoms with Crippen molar-refractivity contribution in [1.82, 2.24) is 14.7 Å². The van der Waals surface area contributed by atoms with Gasteiger partial charge in [-0.25, -0.2) is 4.68 Å². The van der Waals surface area contributed by atoms with E-state index in [-0.39, 0.29) is 24.4 Å². The van der Waals surface area contributed by atoms with Crippen LogP contribution in [0.5, 0.6) is 0 Å². The van der Waals surface area contributed by atoms with E-state index < -0.39 is 0 Å². The predicted octanol–water partition coefficient (Wildman–Crippen LogP) is 2.67. The van der Waals surface area contributed by atoms with Crippen molar-refractivity contribution in [2.75, 3.05) is 13.1 Å². The van der Waals surface area contributed by atoms with Gasteiger partial charge < -0.3 is 10.6 Å². The monoisotopic (exact) mass is 348 g/mol. The molecule has 2 aromatic rings. The summed E-state index contributed by atoms with van der Waals surface area (Å²) in [5.74, 6) is 0.482. The first-order valence-electron chi connectivity index (χ1n) is 8.29. The number of para-hydroxylation sites is 1. The molecule has 2 unspecified atom stereocenters. The number of carbonyl (C=O) groups is 1. The zero-order valence-electron chi connectivity index (χ0n) is 14.2. The van der Waals surface area contributed by atoms with Gasteiger partial charge in [0.2, 0.25) is 0 Å². The molecule has 1 aliphatic heterocycles. The van der Waals surface area contributed by atoms with Crippen LogP contribution in [-0.2, 0) is 6.42 Å². The molecule has 1 aliphatic rings. The molecule has 24 heavy (non-hydrogen) atoms. The van der Waals surface area contributed by atoms with Crippen LogP contribution in [0.15, 0.2) is 36.5 Å². The van der Waals surface area contributed by atoms with E-state index in [4.69, 9.17) is 5.73 Å². The summed E-state index contributed by atoms with van der Waals surface area (Å²) < 4.78 is 1.87. The standard InChI is InChI=1S/C18H24N4O.ClH/c1-3-17-16(11-20-22(17)15-7-5-4-6-8-15)18(23)21-12-14(10-19)9-13(21)2;/h4-8,11,13-14H,3,9-10,12,19H2,1-2H3;1H. The van der Waals surface area contributed by atoms with Gasteiger partial charge in [0.15, 0.2) is 0 Å². The number of aromatic nitrogens is 2. The van der Waals surface area contributed by atoms with Gasteiger partial charge in [0, 0.05) is 12.6 Å². The molecule has 0 saturated carbocycles. The van der Waals surface area contributed by atoms with Gasteiger partial charge >= 0.3 is 0 Å². The molecule has 0 spiro atoms. The van der Waals surface area contributed by atoms with Gasteiger partial charge in [-0.1, -0.05) is 25.1 Å². The summed E-state index contributed by atoms with van der Waals surface area (Å²) in [5, 5.41) is 4.46. The number of rotatable bonds is 4. The van der Waals surface area contributed by atoms with Gasteiger partial charge in [-0.3, -0.25) is 4.79 Å². The largest absolute Gasteiger partial charge is 0.335 e. The zero-order valence-corrected chi connectivity index (χ0v) is 15.0. The highest BCUT2D eigenvalue weighted by Gasteiger charge is 2.33. The van der Waals surface area contributed by atoms with E-state index in [2.05, 4.69) is 18.9 Å². The molecule has 0 radical (unpaired) electrons. The van der Waals surface area contributed by atoms with Crippen LogP contribution in [0.3, 0.4) is 0 Å². The average Bonchev–Trinajstić information content (AvgIpc) is 3.18. The lowest BCUT2D eigenvalue weighted by atomic mass is 10.1. The molecule has 2 atom stereocenters. The number of halogens is 1. The minimum Gasteiger partial charge on any atom is -0.335 e. The minimum absolute atomic E-state index is 0. The van der Waals surface area contributed by atoms with Crippen LogP contribution in [0.2, 0.25) is 0 Å². The fourth-order valence-electron chi connectivity index (χ4n) is 3.44. The Kier molecular flexibility index (Phi) is 6.02. The molecule has 1 aromatic carbocycles. The molecule has 3 rings (SSSR count). The first-order chi connectivity index (χ1) is 11.2. The lowest BCUT2D eigenvalue weighted by Gasteiger charge is -2.21. The van der Waals surface area contributed by atoms with Gasteiger partial charge in [0.1, 0.15) is 0 Å². The van der Waals surface area contributed by atoms with Gasteiger partial charge in [0.05, 0.1) is 23.1 Å². The Hall–Kier alpha value is -1.85. The van der Waals surface area contributed by atoms with Crippen LogP contribution in [0.25, 0.3) is 5.69 Å². The van der Waals surface area contributed by atoms with Crippen molar-refractivity contribution in [1.29, 1.82) is 0 Å². The van der Waals surface area contributed by atoms with Crippen LogP contribution in [0, 0.1) is 5.92 Å². The molecule has 1 saturated heterocycles. The Morgan fingerprint density at radius 1 is 1.33 bits per heavy atom. The average molecular weight is 349 g/mol. The number of carbonyl (C=O) groups excluding carboxylic acids is 1. The quantitative estimate of drug-likeness (QED) is 0.923. The first-order valence-corrected chi connectivity index (χ1v) is 8.29. The molecular weight excluding hydrogens is 324 g/mol. The van der Waals surface area contributed by atoms with Crippen molar-refractivity contribution in [2.24, 2.45) is 11.7 Å². The second-order valence-electron chi connectivity index (χ2n) is 6.25. The fourth-order valence-corrected chi connectivity index (χ4v) is 3.44. The van der Waals surface area contributed by atoms with E-state index in [1.165, 1.54) is 0 Å². The summed E-state index contributed by atoms with van der Waals surface area (Å²) in [6.45, 7) is 5.54. The molecule has 1 amide bonds. The van der Waals surface area contributed by atoms with Crippen LogP contribution >= 0.6 is 12.4 Å². The Bertz CT molecular complexity index is 686. The van der Waals surface area contributed by atoms with Crippen molar-refractivity contribution in [3.63, 3.8) is 0 Å². The van der Waals surface area contributed by atoms with Crippen molar-refractivity contribution < 1.29 is 4.79 Å². The summed E-state index contributed by atoms with van der Waals surface area (Å²) in [5.41, 5.74) is 8.43. The number of nitrogens with zero attached hydrogens (tertiary/aromatic N) is 3. The van der Waals surface area contributed by atoms with Crippen LogP contribution in [-0.4, -0.2) is 39.7 Å². The third-order valence-corrected chi connectivity index (χ3v) is 4.69. The van der Waals surface area contributed by atoms with Crippen LogP contribution in [0.4, 0.5) is 0 Å². The summed E-state index contributed by atoms with van der Waals surface area (Å²) in [6.07, 6.45) is 3.45. The number of hydrogen-bond acceptors (Lipinski definition) is 3. The molecule has 1 aromatic heterocycles. The van der Waals surface area contributed by atoms with Crippen molar-refractivity contribution in [3.8, 4) is 5.69 Å². The highest BCUT2D eigenvalue weighted by Crippen LogP contribution is 2.26. The number of benzene rings is 1. The molecule has 130 valence electrons. The minimum atomic E-state index is 0. The summed E-state index contributed by atoms with van der Waals surface area (Å²) in [6, 6.07) is 10.2. The third-order valence-electron chi connectivity index (χ3n) is 4.69. The molecule has 5 nitrogen and oxygen atoms in total. The highest BCUT2D eigenvalue weighted by atomic mass is 35.5. The summed E-state index contributed by atoms with van der Waals surface area (Å²) in [4.78, 5) is 14.9. The van der Waals surface area contributed by atoms with Gasteiger partial charge in [-0.2, -0.15) is 5.10 Å². The van der Waals surface area contributed by atoms with E-state index >= 15 is 0 Å². The lowest BCUT2D eigenvalue weighted by molar-refractivity contribution is 0.0742. The SMILES string of the molecule is CCc1c(C(=O)N2CC(CN)CC2C)cnn1-c1ccccc1.Cl. The van der Waals surface area contributed by atoms with Crippen LogP contribution in [0.1, 0.15) is 36.3 Å². The smallest absolute Gasteiger partial charge is 0.257 e. The molecule has 2 heterocycles. The summed E-state index contributed by atoms with van der Waals surface area (Å²) in [7, 11) is 0. The topological polar surface area (TPSA) is 64.2 Å². The summed E-state index contributed by atoms with van der Waals surface area (Å²) >= 11 is 0. The Morgan fingerprint density at radius 3 is 2.62 bits per heavy atom. The van der Waals surface area contributed by atoms with Crippen molar-refractivity contribution in [3.05, 3.63) is 47.8 Å². The first kappa shape index (κ1) is 18.5. The highest BCUT2D eigenvalue weighted by molar-refractivity contribution is 5.95. The maximum Gasteiger partial charge on any atom is 0.257 e. The number of amides is 1. The van der Waals surface area contributed by atoms with Gasteiger partial charge in [0.25, 0.3) is 5.91 Å². The fraction of sp³-hybridized carbons (Fsp3) is 0.444. The Labute approximate surface area is 149 Å². The number of nitrogens with two attached hydrogens (primary N) is 1. The maximum atomic E-state index is 13.0. The zero-order chi connectivity index (χ0) is 16.4. The molecular formula is C18H25ClN4O. The number of hydrogen-bond donors (Lipinski definition) is 1. The van der Waals surface area contributed by atoms with E-state index in [9.17, 15) is 4.79 Å². The van der Waals surface area contributed by atoms with Crippen molar-refractivity contribution in [2.45, 2.75) is 32.7 Å². The third kappa shape index (κ3) is 3.32. The van der Waals surface area contributed by atoms with Crippen LogP contribution < -0.4 is 5.73 Å². The van der Waals surface area contributed by atoms with E-state index in [1.54, 1.807) is 6.20 Å². The van der Waals surface area contributed by atoms with E-state index in [0.29, 0.717) is 18.0 Å². The lowest BCUT2D eigenvalue weighted by Crippen LogP contribution is -2.34. The predicted molar refractivity (Wildman–Crippen MR) is 97.8 cm³/mol. The van der Waals surface area contributed by atoms with Crippen molar-refractivity contribution >= 4 is 18.3 Å². The van der Waals surface area contributed by atoms with Gasteiger partial charge in [-0.05, 0) is 44.4 Å². The number of likely N-dealkylation sites (tertiary alicyclic amines) is 1. The second kappa shape index (κ2) is 7.81. The molecule has 2 N–H and O–H groups in total. The molecule has 0 bridgehead atoms. The van der Waals surface area contributed by atoms with E-state index in [0.717, 1.165) is 30.8 Å². The molecule has 0 aliphatic carbocycles. The Morgan fingerprint density at radius 2 is 2.04 bits per heavy atom. The molecule has 1 fully saturated rings. The second-order valence-corrected chi connectivity index (χ2v) is 6.25. The normalized spacial score (nSPS) is 20.0. The maximum absolute atomic E-state index is 13.0. The Balaban J connectivity index is 0.00000208. The van der Waals surface area contributed by atoms with E-state index in [1.807, 2.05) is 39.9 Å². The molecule has 6 heteroatoms. The van der Waals surface area contributed by atoms with Gasteiger partial charge in [-0.15, -0.1) is 12.4 Å².